The van der Waals surface area contributed by atoms with Crippen LogP contribution in [0.5, 0.6) is 5.75 Å². The third kappa shape index (κ3) is 4.45. The zero-order valence-electron chi connectivity index (χ0n) is 9.56. The fourth-order valence-electron chi connectivity index (χ4n) is 1.39. The number of esters is 1. The number of benzene rings is 1. The van der Waals surface area contributed by atoms with E-state index in [4.69, 9.17) is 9.84 Å². The minimum Gasteiger partial charge on any atom is -0.426 e. The third-order valence-corrected chi connectivity index (χ3v) is 2.41. The number of rotatable bonds is 6. The summed E-state index contributed by atoms with van der Waals surface area (Å²) < 4.78 is 5.21. The Morgan fingerprint density at radius 1 is 1.31 bits per heavy atom. The Morgan fingerprint density at radius 2 is 2.00 bits per heavy atom. The summed E-state index contributed by atoms with van der Waals surface area (Å²) in [5, 5.41) is 8.64. The highest BCUT2D eigenvalue weighted by atomic mass is 16.5. The molecule has 0 saturated carbocycles. The molecule has 0 aliphatic rings. The Hall–Kier alpha value is -1.35. The van der Waals surface area contributed by atoms with Gasteiger partial charge in [-0.25, -0.2) is 0 Å². The van der Waals surface area contributed by atoms with Gasteiger partial charge in [0.15, 0.2) is 0 Å². The van der Waals surface area contributed by atoms with Gasteiger partial charge in [-0.15, -0.1) is 0 Å². The molecule has 1 aromatic carbocycles. The van der Waals surface area contributed by atoms with Crippen LogP contribution in [0, 0.1) is 5.92 Å². The van der Waals surface area contributed by atoms with E-state index in [1.807, 2.05) is 25.1 Å². The van der Waals surface area contributed by atoms with Gasteiger partial charge in [0, 0.05) is 6.61 Å². The minimum absolute atomic E-state index is 0.119. The Kier molecular flexibility index (Phi) is 5.57. The summed E-state index contributed by atoms with van der Waals surface area (Å²) >= 11 is 0. The molecule has 0 radical (unpaired) electrons. The lowest BCUT2D eigenvalue weighted by Gasteiger charge is -2.10. The summed E-state index contributed by atoms with van der Waals surface area (Å²) in [6, 6.07) is 9.07. The van der Waals surface area contributed by atoms with Crippen LogP contribution in [0.3, 0.4) is 0 Å². The molecule has 0 amide bonds. The maximum Gasteiger partial charge on any atom is 0.314 e. The molecule has 0 aliphatic carbocycles. The second-order valence-electron chi connectivity index (χ2n) is 3.85. The third-order valence-electron chi connectivity index (χ3n) is 2.41. The first kappa shape index (κ1) is 12.7. The fraction of sp³-hybridized carbons (Fsp3) is 0.462. The first-order valence-corrected chi connectivity index (χ1v) is 5.61. The van der Waals surface area contributed by atoms with Crippen molar-refractivity contribution in [2.75, 3.05) is 6.61 Å². The highest BCUT2D eigenvalue weighted by molar-refractivity contribution is 5.74. The van der Waals surface area contributed by atoms with Gasteiger partial charge in [-0.2, -0.15) is 0 Å². The van der Waals surface area contributed by atoms with E-state index in [2.05, 4.69) is 0 Å². The topological polar surface area (TPSA) is 46.5 Å². The van der Waals surface area contributed by atoms with Crippen LogP contribution >= 0.6 is 0 Å². The van der Waals surface area contributed by atoms with E-state index >= 15 is 0 Å². The molecule has 0 fully saturated rings. The van der Waals surface area contributed by atoms with Gasteiger partial charge in [-0.3, -0.25) is 4.79 Å². The normalized spacial score (nSPS) is 12.1. The first-order valence-electron chi connectivity index (χ1n) is 5.61. The highest BCUT2D eigenvalue weighted by Gasteiger charge is 2.14. The lowest BCUT2D eigenvalue weighted by molar-refractivity contribution is -0.138. The average Bonchev–Trinajstić information content (AvgIpc) is 2.30. The molecule has 1 N–H and O–H groups in total. The standard InChI is InChI=1S/C13H18O3/c1-11(7-5-6-10-14)13(15)16-12-8-3-2-4-9-12/h2-4,8-9,11,14H,5-7,10H2,1H3. The summed E-state index contributed by atoms with van der Waals surface area (Å²) in [6.07, 6.45) is 2.34. The molecule has 3 heteroatoms. The number of hydrogen-bond acceptors (Lipinski definition) is 3. The zero-order valence-corrected chi connectivity index (χ0v) is 9.56. The van der Waals surface area contributed by atoms with Crippen molar-refractivity contribution in [1.82, 2.24) is 0 Å². The number of unbranched alkanes of at least 4 members (excludes halogenated alkanes) is 1. The smallest absolute Gasteiger partial charge is 0.314 e. The molecule has 1 aromatic rings. The highest BCUT2D eigenvalue weighted by Crippen LogP contribution is 2.14. The van der Waals surface area contributed by atoms with Gasteiger partial charge in [0.25, 0.3) is 0 Å². The van der Waals surface area contributed by atoms with Crippen LogP contribution in [0.4, 0.5) is 0 Å². The predicted molar refractivity (Wildman–Crippen MR) is 62.2 cm³/mol. The van der Waals surface area contributed by atoms with Crippen LogP contribution in [0.25, 0.3) is 0 Å². The molecule has 0 aromatic heterocycles. The maximum atomic E-state index is 11.6. The number of aliphatic hydroxyl groups is 1. The van der Waals surface area contributed by atoms with Gasteiger partial charge in [0.05, 0.1) is 5.92 Å². The van der Waals surface area contributed by atoms with Crippen LogP contribution in [-0.2, 0) is 4.79 Å². The number of carbonyl (C=O) groups excluding carboxylic acids is 1. The molecule has 3 nitrogen and oxygen atoms in total. The van der Waals surface area contributed by atoms with Crippen LogP contribution in [-0.4, -0.2) is 17.7 Å². The summed E-state index contributed by atoms with van der Waals surface area (Å²) in [5.74, 6) is 0.261. The van der Waals surface area contributed by atoms with Crippen molar-refractivity contribution in [1.29, 1.82) is 0 Å². The van der Waals surface area contributed by atoms with E-state index in [1.165, 1.54) is 0 Å². The Balaban J connectivity index is 2.34. The molecule has 16 heavy (non-hydrogen) atoms. The molecular formula is C13H18O3. The van der Waals surface area contributed by atoms with E-state index in [-0.39, 0.29) is 18.5 Å². The van der Waals surface area contributed by atoms with Crippen molar-refractivity contribution in [3.8, 4) is 5.75 Å². The SMILES string of the molecule is CC(CCCCO)C(=O)Oc1ccccc1. The number of para-hydroxylation sites is 1. The molecule has 0 bridgehead atoms. The number of hydrogen-bond donors (Lipinski definition) is 1. The maximum absolute atomic E-state index is 11.6. The van der Waals surface area contributed by atoms with Crippen molar-refractivity contribution in [3.63, 3.8) is 0 Å². The second kappa shape index (κ2) is 7.01. The van der Waals surface area contributed by atoms with Gasteiger partial charge in [-0.05, 0) is 25.0 Å². The monoisotopic (exact) mass is 222 g/mol. The first-order chi connectivity index (χ1) is 7.74. The van der Waals surface area contributed by atoms with E-state index < -0.39 is 0 Å². The van der Waals surface area contributed by atoms with E-state index in [9.17, 15) is 4.79 Å². The summed E-state index contributed by atoms with van der Waals surface area (Å²) in [5.41, 5.74) is 0. The number of aliphatic hydroxyl groups excluding tert-OH is 1. The molecule has 0 saturated heterocycles. The quantitative estimate of drug-likeness (QED) is 0.456. The van der Waals surface area contributed by atoms with Crippen LogP contribution in [0.15, 0.2) is 30.3 Å². The van der Waals surface area contributed by atoms with Gasteiger partial charge in [-0.1, -0.05) is 31.5 Å². The van der Waals surface area contributed by atoms with Crippen molar-refractivity contribution < 1.29 is 14.6 Å². The molecular weight excluding hydrogens is 204 g/mol. The van der Waals surface area contributed by atoms with Crippen LogP contribution < -0.4 is 4.74 Å². The van der Waals surface area contributed by atoms with E-state index in [0.29, 0.717) is 5.75 Å². The van der Waals surface area contributed by atoms with Crippen molar-refractivity contribution in [3.05, 3.63) is 30.3 Å². The number of carbonyl (C=O) groups is 1. The lowest BCUT2D eigenvalue weighted by Crippen LogP contribution is -2.17. The second-order valence-corrected chi connectivity index (χ2v) is 3.85. The van der Waals surface area contributed by atoms with Gasteiger partial charge >= 0.3 is 5.97 Å². The van der Waals surface area contributed by atoms with Crippen molar-refractivity contribution in [2.24, 2.45) is 5.92 Å². The Labute approximate surface area is 96.1 Å². The summed E-state index contributed by atoms with van der Waals surface area (Å²) in [6.45, 7) is 2.03. The molecule has 88 valence electrons. The molecule has 1 unspecified atom stereocenters. The van der Waals surface area contributed by atoms with Crippen molar-refractivity contribution >= 4 is 5.97 Å². The van der Waals surface area contributed by atoms with E-state index in [1.54, 1.807) is 12.1 Å². The van der Waals surface area contributed by atoms with Crippen LogP contribution in [0.2, 0.25) is 0 Å². The van der Waals surface area contributed by atoms with E-state index in [0.717, 1.165) is 19.3 Å². The van der Waals surface area contributed by atoms with Crippen LogP contribution in [0.1, 0.15) is 26.2 Å². The molecule has 1 rings (SSSR count). The lowest BCUT2D eigenvalue weighted by atomic mass is 10.0. The van der Waals surface area contributed by atoms with Crippen molar-refractivity contribution in [2.45, 2.75) is 26.2 Å². The minimum atomic E-state index is -0.205. The fourth-order valence-corrected chi connectivity index (χ4v) is 1.39. The zero-order chi connectivity index (χ0) is 11.8. The van der Waals surface area contributed by atoms with Gasteiger partial charge < -0.3 is 9.84 Å². The Morgan fingerprint density at radius 3 is 2.62 bits per heavy atom. The Bertz CT molecular complexity index is 308. The summed E-state index contributed by atoms with van der Waals surface area (Å²) in [4.78, 5) is 11.6. The van der Waals surface area contributed by atoms with Gasteiger partial charge in [0.1, 0.15) is 5.75 Å². The molecule has 0 aliphatic heterocycles. The molecule has 0 heterocycles. The predicted octanol–water partition coefficient (Wildman–Crippen LogP) is 2.39. The summed E-state index contributed by atoms with van der Waals surface area (Å²) in [7, 11) is 0. The molecule has 1 atom stereocenters. The number of ether oxygens (including phenoxy) is 1. The average molecular weight is 222 g/mol. The largest absolute Gasteiger partial charge is 0.426 e. The molecule has 0 spiro atoms. The van der Waals surface area contributed by atoms with Gasteiger partial charge in [0.2, 0.25) is 0 Å².